The van der Waals surface area contributed by atoms with E-state index in [1.54, 1.807) is 29.1 Å². The Hall–Kier alpha value is -4.11. The van der Waals surface area contributed by atoms with Gasteiger partial charge in [-0.15, -0.1) is 0 Å². The molecule has 0 spiro atoms. The number of rotatable bonds is 6. The Morgan fingerprint density at radius 1 is 1.11 bits per heavy atom. The molecule has 0 bridgehead atoms. The van der Waals surface area contributed by atoms with E-state index >= 15 is 0 Å². The summed E-state index contributed by atoms with van der Waals surface area (Å²) in [6.07, 6.45) is 6.40. The van der Waals surface area contributed by atoms with Gasteiger partial charge in [0.25, 0.3) is 0 Å². The van der Waals surface area contributed by atoms with Crippen molar-refractivity contribution in [3.63, 3.8) is 0 Å². The summed E-state index contributed by atoms with van der Waals surface area (Å²) >= 11 is 6.47. The number of amides is 1. The summed E-state index contributed by atoms with van der Waals surface area (Å²) in [6.45, 7) is 4.32. The number of carbonyl (C=O) groups is 1. The highest BCUT2D eigenvalue weighted by Crippen LogP contribution is 2.40. The molecule has 4 aromatic rings. The van der Waals surface area contributed by atoms with Crippen LogP contribution >= 0.6 is 11.6 Å². The van der Waals surface area contributed by atoms with Crippen LogP contribution in [0.25, 0.3) is 5.69 Å². The predicted molar refractivity (Wildman–Crippen MR) is 146 cm³/mol. The van der Waals surface area contributed by atoms with Crippen LogP contribution in [-0.2, 0) is 10.2 Å². The van der Waals surface area contributed by atoms with Crippen LogP contribution in [0.1, 0.15) is 32.3 Å². The zero-order valence-electron chi connectivity index (χ0n) is 21.1. The Labute approximate surface area is 220 Å². The molecule has 0 saturated heterocycles. The summed E-state index contributed by atoms with van der Waals surface area (Å²) in [5.41, 5.74) is 4.21. The van der Waals surface area contributed by atoms with E-state index in [1.165, 1.54) is 0 Å². The van der Waals surface area contributed by atoms with Gasteiger partial charge in [0.1, 0.15) is 10.8 Å². The average molecular weight is 518 g/mol. The number of hydrogen-bond donors (Lipinski definition) is 2. The van der Waals surface area contributed by atoms with Crippen LogP contribution in [0, 0.1) is 0 Å². The number of ether oxygens (including phenoxy) is 1. The molecule has 190 valence electrons. The van der Waals surface area contributed by atoms with Gasteiger partial charge >= 0.3 is 0 Å². The van der Waals surface area contributed by atoms with Gasteiger partial charge in [-0.25, -0.2) is 9.67 Å². The lowest BCUT2D eigenvalue weighted by Crippen LogP contribution is -2.25. The van der Waals surface area contributed by atoms with Crippen LogP contribution in [-0.4, -0.2) is 39.8 Å². The molecule has 2 N–H and O–H groups in total. The SMILES string of the molecule is COc1ccc(Nc2nc(Nc3ccc4c(c3)C(C)(C)CCC(=O)N4C)ncc2Cl)c(-n2cccn2)c1. The summed E-state index contributed by atoms with van der Waals surface area (Å²) in [5, 5.41) is 11.3. The molecule has 1 aliphatic heterocycles. The summed E-state index contributed by atoms with van der Waals surface area (Å²) in [4.78, 5) is 23.2. The third kappa shape index (κ3) is 4.95. The minimum Gasteiger partial charge on any atom is -0.497 e. The van der Waals surface area contributed by atoms with Gasteiger partial charge in [0.2, 0.25) is 11.9 Å². The number of fused-ring (bicyclic) bond motifs is 1. The van der Waals surface area contributed by atoms with Crippen LogP contribution in [0.3, 0.4) is 0 Å². The number of nitrogens with zero attached hydrogens (tertiary/aromatic N) is 5. The van der Waals surface area contributed by atoms with E-state index in [-0.39, 0.29) is 11.3 Å². The third-order valence-corrected chi connectivity index (χ3v) is 6.91. The molecule has 3 heterocycles. The lowest BCUT2D eigenvalue weighted by molar-refractivity contribution is -0.118. The fourth-order valence-corrected chi connectivity index (χ4v) is 4.56. The molecule has 1 amide bonds. The number of benzene rings is 2. The van der Waals surface area contributed by atoms with E-state index in [9.17, 15) is 4.79 Å². The van der Waals surface area contributed by atoms with Gasteiger partial charge in [-0.1, -0.05) is 25.4 Å². The monoisotopic (exact) mass is 517 g/mol. The molecular formula is C27H28ClN7O2. The average Bonchev–Trinajstić information content (AvgIpc) is 3.41. The summed E-state index contributed by atoms with van der Waals surface area (Å²) < 4.78 is 7.12. The maximum absolute atomic E-state index is 12.5. The maximum atomic E-state index is 12.5. The van der Waals surface area contributed by atoms with E-state index in [0.717, 1.165) is 34.7 Å². The first-order chi connectivity index (χ1) is 17.7. The smallest absolute Gasteiger partial charge is 0.229 e. The molecule has 2 aromatic heterocycles. The topological polar surface area (TPSA) is 97.2 Å². The molecule has 5 rings (SSSR count). The second-order valence-corrected chi connectivity index (χ2v) is 9.95. The maximum Gasteiger partial charge on any atom is 0.229 e. The highest BCUT2D eigenvalue weighted by atomic mass is 35.5. The van der Waals surface area contributed by atoms with Crippen LogP contribution in [0.4, 0.5) is 28.8 Å². The van der Waals surface area contributed by atoms with Crippen LogP contribution in [0.5, 0.6) is 5.75 Å². The normalized spacial score (nSPS) is 14.6. The first kappa shape index (κ1) is 24.6. The summed E-state index contributed by atoms with van der Waals surface area (Å²) in [6, 6.07) is 13.4. The zero-order chi connectivity index (χ0) is 26.2. The number of hydrogen-bond acceptors (Lipinski definition) is 7. The molecular weight excluding hydrogens is 490 g/mol. The number of methoxy groups -OCH3 is 1. The number of halogens is 1. The molecule has 0 fully saturated rings. The first-order valence-electron chi connectivity index (χ1n) is 11.9. The van der Waals surface area contributed by atoms with Gasteiger partial charge in [0, 0.05) is 43.3 Å². The highest BCUT2D eigenvalue weighted by Gasteiger charge is 2.31. The fourth-order valence-electron chi connectivity index (χ4n) is 4.42. The second kappa shape index (κ2) is 9.74. The van der Waals surface area contributed by atoms with Crippen molar-refractivity contribution in [2.45, 2.75) is 32.1 Å². The lowest BCUT2D eigenvalue weighted by Gasteiger charge is -2.27. The summed E-state index contributed by atoms with van der Waals surface area (Å²) in [5.74, 6) is 1.65. The number of aromatic nitrogens is 4. The van der Waals surface area contributed by atoms with Crippen molar-refractivity contribution in [1.29, 1.82) is 0 Å². The summed E-state index contributed by atoms with van der Waals surface area (Å²) in [7, 11) is 3.45. The second-order valence-electron chi connectivity index (χ2n) is 9.54. The molecule has 37 heavy (non-hydrogen) atoms. The van der Waals surface area contributed by atoms with Crippen molar-refractivity contribution in [3.05, 3.63) is 71.6 Å². The Balaban J connectivity index is 1.45. The quantitative estimate of drug-likeness (QED) is 0.331. The molecule has 0 saturated carbocycles. The van der Waals surface area contributed by atoms with E-state index < -0.39 is 0 Å². The van der Waals surface area contributed by atoms with Crippen LogP contribution in [0.2, 0.25) is 5.02 Å². The molecule has 1 aliphatic rings. The highest BCUT2D eigenvalue weighted by molar-refractivity contribution is 6.33. The molecule has 10 heteroatoms. The largest absolute Gasteiger partial charge is 0.497 e. The first-order valence-corrected chi connectivity index (χ1v) is 12.3. The van der Waals surface area contributed by atoms with Crippen molar-refractivity contribution in [2.75, 3.05) is 29.7 Å². The van der Waals surface area contributed by atoms with E-state index in [2.05, 4.69) is 45.6 Å². The molecule has 9 nitrogen and oxygen atoms in total. The lowest BCUT2D eigenvalue weighted by atomic mass is 9.80. The standard InChI is InChI=1S/C27H28ClN7O2/c1-27(2)11-10-24(36)34(3)22-9-6-17(14-19(22)27)31-26-29-16-20(28)25(33-26)32-21-8-7-18(37-4)15-23(21)35-13-5-12-30-35/h5-9,12-16H,10-11H2,1-4H3,(H2,29,31,32,33). The van der Waals surface area contributed by atoms with Crippen molar-refractivity contribution in [1.82, 2.24) is 19.7 Å². The zero-order valence-corrected chi connectivity index (χ0v) is 21.9. The van der Waals surface area contributed by atoms with Crippen molar-refractivity contribution >= 4 is 46.3 Å². The Kier molecular flexibility index (Phi) is 6.47. The number of carbonyl (C=O) groups excluding carboxylic acids is 1. The van der Waals surface area contributed by atoms with Gasteiger partial charge in [-0.3, -0.25) is 4.79 Å². The van der Waals surface area contributed by atoms with Crippen molar-refractivity contribution in [3.8, 4) is 11.4 Å². The molecule has 0 atom stereocenters. The molecule has 0 radical (unpaired) electrons. The molecule has 0 unspecified atom stereocenters. The predicted octanol–water partition coefficient (Wildman–Crippen LogP) is 5.85. The van der Waals surface area contributed by atoms with Gasteiger partial charge in [-0.2, -0.15) is 10.1 Å². The van der Waals surface area contributed by atoms with Gasteiger partial charge in [-0.05, 0) is 53.8 Å². The fraction of sp³-hybridized carbons (Fsp3) is 0.259. The Morgan fingerprint density at radius 2 is 1.95 bits per heavy atom. The van der Waals surface area contributed by atoms with E-state index in [1.807, 2.05) is 49.6 Å². The van der Waals surface area contributed by atoms with E-state index in [0.29, 0.717) is 29.0 Å². The third-order valence-electron chi connectivity index (χ3n) is 6.63. The van der Waals surface area contributed by atoms with Gasteiger partial charge < -0.3 is 20.3 Å². The Bertz CT molecular complexity index is 1450. The Morgan fingerprint density at radius 3 is 2.70 bits per heavy atom. The van der Waals surface area contributed by atoms with Gasteiger partial charge in [0.05, 0.1) is 24.7 Å². The molecule has 2 aromatic carbocycles. The van der Waals surface area contributed by atoms with E-state index in [4.69, 9.17) is 16.3 Å². The van der Waals surface area contributed by atoms with Crippen molar-refractivity contribution < 1.29 is 9.53 Å². The van der Waals surface area contributed by atoms with Crippen LogP contribution in [0.15, 0.2) is 61.1 Å². The molecule has 0 aliphatic carbocycles. The van der Waals surface area contributed by atoms with Crippen molar-refractivity contribution in [2.24, 2.45) is 0 Å². The number of nitrogens with one attached hydrogen (secondary N) is 2. The minimum atomic E-state index is -0.154. The minimum absolute atomic E-state index is 0.122. The van der Waals surface area contributed by atoms with Gasteiger partial charge in [0.15, 0.2) is 5.82 Å². The van der Waals surface area contributed by atoms with Crippen LogP contribution < -0.4 is 20.3 Å². The number of anilines is 5.